The third kappa shape index (κ3) is 3.66. The second-order valence-electron chi connectivity index (χ2n) is 5.80. The van der Waals surface area contributed by atoms with Crippen LogP contribution < -0.4 is 15.5 Å². The summed E-state index contributed by atoms with van der Waals surface area (Å²) in [5, 5.41) is 6.12. The summed E-state index contributed by atoms with van der Waals surface area (Å²) in [5.41, 5.74) is 1.47. The topological polar surface area (TPSA) is 78.5 Å². The van der Waals surface area contributed by atoms with E-state index in [1.807, 2.05) is 0 Å². The molecule has 0 aliphatic carbocycles. The van der Waals surface area contributed by atoms with Crippen molar-refractivity contribution in [3.63, 3.8) is 0 Å². The van der Waals surface area contributed by atoms with Crippen LogP contribution in [0.2, 0.25) is 10.0 Å². The second-order valence-corrected chi connectivity index (χ2v) is 6.59. The number of carbonyl (C=O) groups excluding carboxylic acids is 3. The number of hydrogen-bond donors (Lipinski definition) is 2. The average Bonchev–Trinajstić information content (AvgIpc) is 2.84. The standard InChI is InChI=1S/C18H15Cl2N3O3/c1-10(24)21-11-4-2-5-12(8-11)22-14-9-16(25)23(18(14)26)15-7-3-6-13(19)17(15)20/h2-8,14,22H,9H2,1H3,(H,21,24)/t14-/m1/s1. The van der Waals surface area contributed by atoms with Gasteiger partial charge in [-0.15, -0.1) is 0 Å². The zero-order valence-corrected chi connectivity index (χ0v) is 15.3. The zero-order chi connectivity index (χ0) is 18.8. The molecule has 3 amide bonds. The zero-order valence-electron chi connectivity index (χ0n) is 13.8. The van der Waals surface area contributed by atoms with Crippen LogP contribution in [0.5, 0.6) is 0 Å². The molecule has 0 unspecified atom stereocenters. The van der Waals surface area contributed by atoms with E-state index in [2.05, 4.69) is 10.6 Å². The van der Waals surface area contributed by atoms with Gasteiger partial charge in [0.15, 0.2) is 0 Å². The van der Waals surface area contributed by atoms with Crippen molar-refractivity contribution in [1.82, 2.24) is 0 Å². The minimum atomic E-state index is -0.731. The van der Waals surface area contributed by atoms with E-state index in [0.29, 0.717) is 11.4 Å². The summed E-state index contributed by atoms with van der Waals surface area (Å²) in [6.07, 6.45) is -0.00790. The Balaban J connectivity index is 1.81. The Hall–Kier alpha value is -2.57. The maximum absolute atomic E-state index is 12.7. The molecule has 0 spiro atoms. The monoisotopic (exact) mass is 391 g/mol. The number of amides is 3. The van der Waals surface area contributed by atoms with Gasteiger partial charge in [0.1, 0.15) is 6.04 Å². The first-order valence-electron chi connectivity index (χ1n) is 7.82. The summed E-state index contributed by atoms with van der Waals surface area (Å²) in [7, 11) is 0. The third-order valence-corrected chi connectivity index (χ3v) is 4.65. The lowest BCUT2D eigenvalue weighted by Crippen LogP contribution is -2.35. The van der Waals surface area contributed by atoms with Crippen molar-refractivity contribution in [2.75, 3.05) is 15.5 Å². The van der Waals surface area contributed by atoms with Crippen LogP contribution in [0.3, 0.4) is 0 Å². The predicted octanol–water partition coefficient (Wildman–Crippen LogP) is 3.70. The average molecular weight is 392 g/mol. The largest absolute Gasteiger partial charge is 0.373 e. The Morgan fingerprint density at radius 2 is 1.81 bits per heavy atom. The van der Waals surface area contributed by atoms with Crippen LogP contribution in [-0.2, 0) is 14.4 Å². The van der Waals surface area contributed by atoms with Crippen LogP contribution in [0, 0.1) is 0 Å². The number of halogens is 2. The molecule has 0 saturated carbocycles. The number of anilines is 3. The molecule has 0 radical (unpaired) electrons. The Morgan fingerprint density at radius 3 is 2.54 bits per heavy atom. The molecule has 8 heteroatoms. The molecule has 3 rings (SSSR count). The van der Waals surface area contributed by atoms with Crippen LogP contribution in [-0.4, -0.2) is 23.8 Å². The fourth-order valence-corrected chi connectivity index (χ4v) is 3.13. The molecule has 2 aromatic rings. The Morgan fingerprint density at radius 1 is 1.12 bits per heavy atom. The van der Waals surface area contributed by atoms with Crippen LogP contribution in [0.25, 0.3) is 0 Å². The smallest absolute Gasteiger partial charge is 0.256 e. The van der Waals surface area contributed by atoms with Crippen molar-refractivity contribution in [1.29, 1.82) is 0 Å². The molecule has 6 nitrogen and oxygen atoms in total. The van der Waals surface area contributed by atoms with E-state index in [1.54, 1.807) is 42.5 Å². The number of nitrogens with one attached hydrogen (secondary N) is 2. The molecule has 2 N–H and O–H groups in total. The SMILES string of the molecule is CC(=O)Nc1cccc(N[C@@H]2CC(=O)N(c3cccc(Cl)c3Cl)C2=O)c1. The van der Waals surface area contributed by atoms with Crippen molar-refractivity contribution < 1.29 is 14.4 Å². The van der Waals surface area contributed by atoms with Gasteiger partial charge in [0.2, 0.25) is 11.8 Å². The quantitative estimate of drug-likeness (QED) is 0.778. The molecule has 0 aromatic heterocycles. The van der Waals surface area contributed by atoms with Gasteiger partial charge in [-0.2, -0.15) is 0 Å². The Labute approximate surface area is 160 Å². The number of rotatable bonds is 4. The van der Waals surface area contributed by atoms with E-state index in [-0.39, 0.29) is 34.0 Å². The highest BCUT2D eigenvalue weighted by Gasteiger charge is 2.40. The van der Waals surface area contributed by atoms with Gasteiger partial charge >= 0.3 is 0 Å². The normalized spacial score (nSPS) is 16.7. The van der Waals surface area contributed by atoms with Crippen molar-refractivity contribution in [3.8, 4) is 0 Å². The van der Waals surface area contributed by atoms with Crippen LogP contribution in [0.15, 0.2) is 42.5 Å². The molecule has 1 atom stereocenters. The van der Waals surface area contributed by atoms with Crippen molar-refractivity contribution in [3.05, 3.63) is 52.5 Å². The number of hydrogen-bond acceptors (Lipinski definition) is 4. The number of carbonyl (C=O) groups is 3. The van der Waals surface area contributed by atoms with Gasteiger partial charge < -0.3 is 10.6 Å². The Kier molecular flexibility index (Phi) is 5.15. The van der Waals surface area contributed by atoms with E-state index in [0.717, 1.165) is 4.90 Å². The van der Waals surface area contributed by atoms with Crippen molar-refractivity contribution >= 4 is 58.0 Å². The predicted molar refractivity (Wildman–Crippen MR) is 102 cm³/mol. The number of benzene rings is 2. The fourth-order valence-electron chi connectivity index (χ4n) is 2.75. The van der Waals surface area contributed by atoms with E-state index in [1.165, 1.54) is 6.92 Å². The number of nitrogens with zero attached hydrogens (tertiary/aromatic N) is 1. The lowest BCUT2D eigenvalue weighted by molar-refractivity contribution is -0.121. The van der Waals surface area contributed by atoms with Gasteiger partial charge in [0.25, 0.3) is 5.91 Å². The van der Waals surface area contributed by atoms with E-state index in [4.69, 9.17) is 23.2 Å². The summed E-state index contributed by atoms with van der Waals surface area (Å²) in [4.78, 5) is 37.3. The molecule has 2 aromatic carbocycles. The van der Waals surface area contributed by atoms with Crippen molar-refractivity contribution in [2.24, 2.45) is 0 Å². The molecular weight excluding hydrogens is 377 g/mol. The van der Waals surface area contributed by atoms with E-state index < -0.39 is 11.9 Å². The minimum Gasteiger partial charge on any atom is -0.373 e. The highest BCUT2D eigenvalue weighted by atomic mass is 35.5. The molecule has 1 aliphatic rings. The summed E-state index contributed by atoms with van der Waals surface area (Å²) >= 11 is 12.1. The van der Waals surface area contributed by atoms with Crippen LogP contribution >= 0.6 is 23.2 Å². The first-order valence-corrected chi connectivity index (χ1v) is 8.57. The summed E-state index contributed by atoms with van der Waals surface area (Å²) in [6.45, 7) is 1.41. The maximum atomic E-state index is 12.7. The van der Waals surface area contributed by atoms with Crippen LogP contribution in [0.1, 0.15) is 13.3 Å². The summed E-state index contributed by atoms with van der Waals surface area (Å²) < 4.78 is 0. The molecule has 134 valence electrons. The molecule has 26 heavy (non-hydrogen) atoms. The summed E-state index contributed by atoms with van der Waals surface area (Å²) in [6, 6.07) is 11.0. The van der Waals surface area contributed by atoms with Gasteiger partial charge in [0, 0.05) is 18.3 Å². The van der Waals surface area contributed by atoms with E-state index >= 15 is 0 Å². The van der Waals surface area contributed by atoms with Crippen LogP contribution in [0.4, 0.5) is 17.1 Å². The van der Waals surface area contributed by atoms with E-state index in [9.17, 15) is 14.4 Å². The molecule has 1 fully saturated rings. The highest BCUT2D eigenvalue weighted by Crippen LogP contribution is 2.35. The first kappa shape index (κ1) is 18.2. The third-order valence-electron chi connectivity index (χ3n) is 3.84. The second kappa shape index (κ2) is 7.35. The van der Waals surface area contributed by atoms with Gasteiger partial charge in [-0.25, -0.2) is 4.90 Å². The van der Waals surface area contributed by atoms with Crippen molar-refractivity contribution in [2.45, 2.75) is 19.4 Å². The van der Waals surface area contributed by atoms with Gasteiger partial charge in [-0.3, -0.25) is 14.4 Å². The molecule has 1 heterocycles. The molecule has 1 saturated heterocycles. The molecule has 1 aliphatic heterocycles. The maximum Gasteiger partial charge on any atom is 0.256 e. The first-order chi connectivity index (χ1) is 12.4. The summed E-state index contributed by atoms with van der Waals surface area (Å²) in [5.74, 6) is -0.977. The lowest BCUT2D eigenvalue weighted by Gasteiger charge is -2.18. The fraction of sp³-hybridized carbons (Fsp3) is 0.167. The van der Waals surface area contributed by atoms with Gasteiger partial charge in [-0.1, -0.05) is 35.3 Å². The lowest BCUT2D eigenvalue weighted by atomic mass is 10.2. The van der Waals surface area contributed by atoms with Gasteiger partial charge in [-0.05, 0) is 30.3 Å². The molecular formula is C18H15Cl2N3O3. The minimum absolute atomic E-state index is 0.00790. The Bertz CT molecular complexity index is 901. The molecule has 0 bridgehead atoms. The van der Waals surface area contributed by atoms with Gasteiger partial charge in [0.05, 0.1) is 22.2 Å². The number of imide groups is 1. The highest BCUT2D eigenvalue weighted by molar-refractivity contribution is 6.45.